The maximum absolute atomic E-state index is 11.8. The Kier molecular flexibility index (Phi) is 3.63. The fourth-order valence-corrected chi connectivity index (χ4v) is 2.99. The number of carbonyl (C=O) groups is 1. The summed E-state index contributed by atoms with van der Waals surface area (Å²) < 4.78 is 0.633. The Labute approximate surface area is 107 Å². The van der Waals surface area contributed by atoms with E-state index < -0.39 is 0 Å². The van der Waals surface area contributed by atoms with Crippen molar-refractivity contribution >= 4 is 40.2 Å². The predicted octanol–water partition coefficient (Wildman–Crippen LogP) is 3.95. The highest BCUT2D eigenvalue weighted by Gasteiger charge is 2.13. The maximum atomic E-state index is 11.8. The highest BCUT2D eigenvalue weighted by atomic mass is 35.5. The van der Waals surface area contributed by atoms with Gasteiger partial charge in [-0.05, 0) is 30.5 Å². The highest BCUT2D eigenvalue weighted by molar-refractivity contribution is 7.18. The van der Waals surface area contributed by atoms with Gasteiger partial charge in [-0.3, -0.25) is 4.79 Å². The minimum atomic E-state index is -0.0715. The summed E-state index contributed by atoms with van der Waals surface area (Å²) in [6.45, 7) is 1.97. The van der Waals surface area contributed by atoms with Crippen molar-refractivity contribution in [2.45, 2.75) is 13.0 Å². The summed E-state index contributed by atoms with van der Waals surface area (Å²) >= 11 is 8.71. The number of hydrogen-bond donors (Lipinski definition) is 1. The van der Waals surface area contributed by atoms with Crippen LogP contribution in [0, 0.1) is 0 Å². The van der Waals surface area contributed by atoms with Gasteiger partial charge in [0.05, 0.1) is 15.3 Å². The van der Waals surface area contributed by atoms with Gasteiger partial charge in [-0.2, -0.15) is 0 Å². The second kappa shape index (κ2) is 4.99. The van der Waals surface area contributed by atoms with E-state index in [1.165, 1.54) is 11.3 Å². The van der Waals surface area contributed by atoms with E-state index in [4.69, 9.17) is 11.6 Å². The van der Waals surface area contributed by atoms with Crippen LogP contribution in [0.1, 0.15) is 27.5 Å². The standard InChI is InChI=1S/C11H10ClNOS2/c1-7(8-3-2-6-15-8)13-11(14)9-4-5-10(12)16-9/h2-7H,1H3,(H,13,14). The summed E-state index contributed by atoms with van der Waals surface area (Å²) in [7, 11) is 0. The van der Waals surface area contributed by atoms with Gasteiger partial charge in [-0.15, -0.1) is 22.7 Å². The third-order valence-corrected chi connectivity index (χ3v) is 4.40. The van der Waals surface area contributed by atoms with E-state index in [2.05, 4.69) is 5.32 Å². The molecule has 0 saturated carbocycles. The number of amides is 1. The van der Waals surface area contributed by atoms with Crippen LogP contribution in [0.2, 0.25) is 4.34 Å². The number of carbonyl (C=O) groups excluding carboxylic acids is 1. The fourth-order valence-electron chi connectivity index (χ4n) is 1.31. The summed E-state index contributed by atoms with van der Waals surface area (Å²) in [5, 5.41) is 4.94. The molecule has 1 N–H and O–H groups in total. The Morgan fingerprint density at radius 2 is 2.25 bits per heavy atom. The molecule has 1 unspecified atom stereocenters. The van der Waals surface area contributed by atoms with Gasteiger partial charge in [0.2, 0.25) is 0 Å². The van der Waals surface area contributed by atoms with E-state index in [1.54, 1.807) is 23.5 Å². The molecule has 1 amide bonds. The molecule has 0 fully saturated rings. The van der Waals surface area contributed by atoms with Gasteiger partial charge in [0.15, 0.2) is 0 Å². The van der Waals surface area contributed by atoms with Crippen LogP contribution in [-0.2, 0) is 0 Å². The summed E-state index contributed by atoms with van der Waals surface area (Å²) in [5.74, 6) is -0.0715. The van der Waals surface area contributed by atoms with Crippen LogP contribution in [0.3, 0.4) is 0 Å². The Hall–Kier alpha value is -0.840. The minimum absolute atomic E-state index is 0.0355. The molecular formula is C11H10ClNOS2. The topological polar surface area (TPSA) is 29.1 Å². The lowest BCUT2D eigenvalue weighted by molar-refractivity contribution is 0.0944. The third kappa shape index (κ3) is 2.64. The van der Waals surface area contributed by atoms with E-state index in [0.29, 0.717) is 9.21 Å². The summed E-state index contributed by atoms with van der Waals surface area (Å²) in [6, 6.07) is 7.50. The zero-order valence-electron chi connectivity index (χ0n) is 8.57. The first-order valence-corrected chi connectivity index (χ1v) is 6.84. The molecule has 0 radical (unpaired) electrons. The van der Waals surface area contributed by atoms with Gasteiger partial charge in [0.25, 0.3) is 5.91 Å². The van der Waals surface area contributed by atoms with Crippen molar-refractivity contribution in [3.63, 3.8) is 0 Å². The van der Waals surface area contributed by atoms with Gasteiger partial charge in [0.1, 0.15) is 0 Å². The van der Waals surface area contributed by atoms with Crippen LogP contribution in [0.4, 0.5) is 0 Å². The monoisotopic (exact) mass is 271 g/mol. The Bertz CT molecular complexity index is 478. The van der Waals surface area contributed by atoms with E-state index in [1.807, 2.05) is 24.4 Å². The van der Waals surface area contributed by atoms with Crippen molar-refractivity contribution in [3.05, 3.63) is 43.7 Å². The van der Waals surface area contributed by atoms with Crippen LogP contribution < -0.4 is 5.32 Å². The molecule has 0 aliphatic carbocycles. The van der Waals surface area contributed by atoms with E-state index in [-0.39, 0.29) is 11.9 Å². The van der Waals surface area contributed by atoms with Crippen LogP contribution in [-0.4, -0.2) is 5.91 Å². The van der Waals surface area contributed by atoms with Crippen molar-refractivity contribution < 1.29 is 4.79 Å². The van der Waals surface area contributed by atoms with E-state index in [0.717, 1.165) is 4.88 Å². The molecule has 1 atom stereocenters. The summed E-state index contributed by atoms with van der Waals surface area (Å²) in [6.07, 6.45) is 0. The molecule has 2 rings (SSSR count). The van der Waals surface area contributed by atoms with Crippen LogP contribution in [0.25, 0.3) is 0 Å². The lowest BCUT2D eigenvalue weighted by Gasteiger charge is -2.10. The number of halogens is 1. The van der Waals surface area contributed by atoms with Gasteiger partial charge in [-0.25, -0.2) is 0 Å². The normalized spacial score (nSPS) is 12.4. The van der Waals surface area contributed by atoms with Crippen LogP contribution in [0.15, 0.2) is 29.6 Å². The second-order valence-electron chi connectivity index (χ2n) is 3.31. The van der Waals surface area contributed by atoms with Gasteiger partial charge < -0.3 is 5.32 Å². The Morgan fingerprint density at radius 3 is 2.81 bits per heavy atom. The molecule has 0 saturated heterocycles. The zero-order chi connectivity index (χ0) is 11.5. The molecule has 2 aromatic heterocycles. The van der Waals surface area contributed by atoms with Crippen molar-refractivity contribution in [1.29, 1.82) is 0 Å². The molecule has 0 bridgehead atoms. The van der Waals surface area contributed by atoms with Crippen LogP contribution in [0.5, 0.6) is 0 Å². The second-order valence-corrected chi connectivity index (χ2v) is 6.01. The number of rotatable bonds is 3. The van der Waals surface area contributed by atoms with Crippen LogP contribution >= 0.6 is 34.3 Å². The maximum Gasteiger partial charge on any atom is 0.261 e. The average molecular weight is 272 g/mol. The lowest BCUT2D eigenvalue weighted by atomic mass is 10.2. The predicted molar refractivity (Wildman–Crippen MR) is 69.5 cm³/mol. The Morgan fingerprint density at radius 1 is 1.44 bits per heavy atom. The fraction of sp³-hybridized carbons (Fsp3) is 0.182. The van der Waals surface area contributed by atoms with E-state index in [9.17, 15) is 4.79 Å². The quantitative estimate of drug-likeness (QED) is 0.900. The number of thiophene rings is 2. The van der Waals surface area contributed by atoms with Gasteiger partial charge in [-0.1, -0.05) is 17.7 Å². The Balaban J connectivity index is 2.03. The largest absolute Gasteiger partial charge is 0.344 e. The van der Waals surface area contributed by atoms with Crippen molar-refractivity contribution in [3.8, 4) is 0 Å². The molecule has 5 heteroatoms. The van der Waals surface area contributed by atoms with Gasteiger partial charge in [0, 0.05) is 4.88 Å². The molecule has 84 valence electrons. The molecule has 2 nitrogen and oxygen atoms in total. The van der Waals surface area contributed by atoms with Crippen molar-refractivity contribution in [2.24, 2.45) is 0 Å². The molecule has 0 aliphatic rings. The zero-order valence-corrected chi connectivity index (χ0v) is 11.0. The highest BCUT2D eigenvalue weighted by Crippen LogP contribution is 2.23. The molecule has 0 spiro atoms. The smallest absolute Gasteiger partial charge is 0.261 e. The first kappa shape index (κ1) is 11.6. The molecule has 2 aromatic rings. The molecule has 0 aromatic carbocycles. The summed E-state index contributed by atoms with van der Waals surface area (Å²) in [4.78, 5) is 13.6. The van der Waals surface area contributed by atoms with Gasteiger partial charge >= 0.3 is 0 Å². The molecule has 0 aliphatic heterocycles. The SMILES string of the molecule is CC(NC(=O)c1ccc(Cl)s1)c1cccs1. The average Bonchev–Trinajstić information content (AvgIpc) is 2.87. The minimum Gasteiger partial charge on any atom is -0.344 e. The molecule has 16 heavy (non-hydrogen) atoms. The summed E-state index contributed by atoms with van der Waals surface area (Å²) in [5.41, 5.74) is 0. The first-order chi connectivity index (χ1) is 7.66. The van der Waals surface area contributed by atoms with E-state index >= 15 is 0 Å². The lowest BCUT2D eigenvalue weighted by Crippen LogP contribution is -2.25. The number of nitrogens with one attached hydrogen (secondary N) is 1. The third-order valence-electron chi connectivity index (χ3n) is 2.11. The first-order valence-electron chi connectivity index (χ1n) is 4.76. The molecular weight excluding hydrogens is 262 g/mol. The number of hydrogen-bond acceptors (Lipinski definition) is 3. The van der Waals surface area contributed by atoms with Crippen molar-refractivity contribution in [1.82, 2.24) is 5.32 Å². The van der Waals surface area contributed by atoms with Crippen molar-refractivity contribution in [2.75, 3.05) is 0 Å². The molecule has 2 heterocycles.